The van der Waals surface area contributed by atoms with Crippen LogP contribution in [-0.4, -0.2) is 31.8 Å². The number of ether oxygens (including phenoxy) is 1. The third-order valence-electron chi connectivity index (χ3n) is 5.07. The highest BCUT2D eigenvalue weighted by molar-refractivity contribution is 5.82. The summed E-state index contributed by atoms with van der Waals surface area (Å²) in [6.07, 6.45) is 3.28. The molecule has 0 spiro atoms. The van der Waals surface area contributed by atoms with Gasteiger partial charge < -0.3 is 14.2 Å². The molecule has 32 heavy (non-hydrogen) atoms. The fourth-order valence-corrected chi connectivity index (χ4v) is 3.44. The zero-order valence-corrected chi connectivity index (χ0v) is 17.0. The SMILES string of the molecule is COc1cccc(Cn2c(=O)[nH]c3cc(-c4nc(-c5ccncc5)no4)ccc3c2=O)c1. The van der Waals surface area contributed by atoms with Crippen LogP contribution in [0.3, 0.4) is 0 Å². The number of aromatic amines is 1. The lowest BCUT2D eigenvalue weighted by atomic mass is 10.1. The van der Waals surface area contributed by atoms with Crippen molar-refractivity contribution in [1.29, 1.82) is 0 Å². The van der Waals surface area contributed by atoms with Crippen molar-refractivity contribution in [3.63, 3.8) is 0 Å². The molecule has 9 nitrogen and oxygen atoms in total. The highest BCUT2D eigenvalue weighted by Gasteiger charge is 2.14. The second-order valence-electron chi connectivity index (χ2n) is 7.09. The van der Waals surface area contributed by atoms with Gasteiger partial charge in [-0.3, -0.25) is 14.3 Å². The number of benzene rings is 2. The van der Waals surface area contributed by atoms with Crippen molar-refractivity contribution >= 4 is 10.9 Å². The van der Waals surface area contributed by atoms with E-state index in [0.29, 0.717) is 28.0 Å². The molecule has 5 rings (SSSR count). The van der Waals surface area contributed by atoms with Crippen LogP contribution in [-0.2, 0) is 6.54 Å². The topological polar surface area (TPSA) is 116 Å². The number of nitrogens with one attached hydrogen (secondary N) is 1. The molecule has 0 bridgehead atoms. The van der Waals surface area contributed by atoms with E-state index in [1.165, 1.54) is 0 Å². The molecule has 0 aliphatic carbocycles. The zero-order valence-electron chi connectivity index (χ0n) is 17.0. The standard InChI is InChI=1S/C23H17N5O4/c1-31-17-4-2-3-14(11-17)13-28-22(29)18-6-5-16(12-19(18)25-23(28)30)21-26-20(27-32-21)15-7-9-24-10-8-15/h2-12H,13H2,1H3,(H,25,30). The first kappa shape index (κ1) is 19.4. The summed E-state index contributed by atoms with van der Waals surface area (Å²) in [4.78, 5) is 36.8. The van der Waals surface area contributed by atoms with Gasteiger partial charge in [-0.15, -0.1) is 0 Å². The lowest BCUT2D eigenvalue weighted by Crippen LogP contribution is -2.35. The summed E-state index contributed by atoms with van der Waals surface area (Å²) in [7, 11) is 1.56. The molecule has 158 valence electrons. The summed E-state index contributed by atoms with van der Waals surface area (Å²) < 4.78 is 11.7. The number of hydrogen-bond donors (Lipinski definition) is 1. The Bertz CT molecular complexity index is 1540. The van der Waals surface area contributed by atoms with Gasteiger partial charge in [0.05, 0.1) is 24.6 Å². The molecule has 5 aromatic rings. The van der Waals surface area contributed by atoms with Crippen LogP contribution in [0.2, 0.25) is 0 Å². The lowest BCUT2D eigenvalue weighted by molar-refractivity contribution is 0.414. The second-order valence-corrected chi connectivity index (χ2v) is 7.09. The molecule has 2 aromatic carbocycles. The Hall–Kier alpha value is -4.53. The predicted molar refractivity (Wildman–Crippen MR) is 117 cm³/mol. The predicted octanol–water partition coefficient (Wildman–Crippen LogP) is 2.86. The van der Waals surface area contributed by atoms with Crippen molar-refractivity contribution in [1.82, 2.24) is 24.7 Å². The molecule has 3 heterocycles. The van der Waals surface area contributed by atoms with E-state index in [1.807, 2.05) is 12.1 Å². The third kappa shape index (κ3) is 3.56. The number of fused-ring (bicyclic) bond motifs is 1. The van der Waals surface area contributed by atoms with Gasteiger partial charge in [-0.25, -0.2) is 4.79 Å². The number of nitrogens with zero attached hydrogens (tertiary/aromatic N) is 4. The van der Waals surface area contributed by atoms with Gasteiger partial charge >= 0.3 is 5.69 Å². The van der Waals surface area contributed by atoms with Crippen LogP contribution in [0.15, 0.2) is 81.1 Å². The van der Waals surface area contributed by atoms with Crippen molar-refractivity contribution in [3.8, 4) is 28.6 Å². The first-order valence-electron chi connectivity index (χ1n) is 9.76. The molecule has 1 N–H and O–H groups in total. The van der Waals surface area contributed by atoms with Crippen molar-refractivity contribution < 1.29 is 9.26 Å². The molecule has 0 saturated carbocycles. The Morgan fingerprint density at radius 3 is 2.69 bits per heavy atom. The normalized spacial score (nSPS) is 11.0. The summed E-state index contributed by atoms with van der Waals surface area (Å²) in [5.41, 5.74) is 1.63. The third-order valence-corrected chi connectivity index (χ3v) is 5.07. The summed E-state index contributed by atoms with van der Waals surface area (Å²) in [5, 5.41) is 4.37. The van der Waals surface area contributed by atoms with Gasteiger partial charge in [0.2, 0.25) is 5.82 Å². The average molecular weight is 427 g/mol. The van der Waals surface area contributed by atoms with Crippen LogP contribution in [0.1, 0.15) is 5.56 Å². The first-order chi connectivity index (χ1) is 15.6. The molecular weight excluding hydrogens is 410 g/mol. The van der Waals surface area contributed by atoms with Crippen LogP contribution >= 0.6 is 0 Å². The van der Waals surface area contributed by atoms with Gasteiger partial charge in [-0.05, 0) is 48.0 Å². The molecule has 3 aromatic heterocycles. The van der Waals surface area contributed by atoms with Crippen molar-refractivity contribution in [2.45, 2.75) is 6.54 Å². The monoisotopic (exact) mass is 427 g/mol. The summed E-state index contributed by atoms with van der Waals surface area (Å²) in [5.74, 6) is 1.35. The summed E-state index contributed by atoms with van der Waals surface area (Å²) in [6, 6.07) is 15.8. The lowest BCUT2D eigenvalue weighted by Gasteiger charge is -2.08. The zero-order chi connectivity index (χ0) is 22.1. The Labute approximate surface area is 181 Å². The second kappa shape index (κ2) is 7.95. The maximum absolute atomic E-state index is 13.0. The van der Waals surface area contributed by atoms with Crippen molar-refractivity contribution in [2.24, 2.45) is 0 Å². The van der Waals surface area contributed by atoms with E-state index in [0.717, 1.165) is 15.7 Å². The molecule has 0 fully saturated rings. The Balaban J connectivity index is 1.52. The highest BCUT2D eigenvalue weighted by atomic mass is 16.5. The van der Waals surface area contributed by atoms with E-state index in [-0.39, 0.29) is 18.0 Å². The van der Waals surface area contributed by atoms with E-state index in [4.69, 9.17) is 9.26 Å². The van der Waals surface area contributed by atoms with Crippen molar-refractivity contribution in [2.75, 3.05) is 7.11 Å². The number of aromatic nitrogens is 5. The van der Waals surface area contributed by atoms with Crippen LogP contribution in [0, 0.1) is 0 Å². The molecule has 0 saturated heterocycles. The van der Waals surface area contributed by atoms with Crippen LogP contribution in [0.5, 0.6) is 5.75 Å². The largest absolute Gasteiger partial charge is 0.497 e. The number of pyridine rings is 1. The van der Waals surface area contributed by atoms with Crippen molar-refractivity contribution in [3.05, 3.63) is 93.4 Å². The minimum absolute atomic E-state index is 0.127. The summed E-state index contributed by atoms with van der Waals surface area (Å²) >= 11 is 0. The maximum Gasteiger partial charge on any atom is 0.329 e. The van der Waals surface area contributed by atoms with Crippen LogP contribution in [0.25, 0.3) is 33.7 Å². The molecule has 9 heteroatoms. The van der Waals surface area contributed by atoms with E-state index in [2.05, 4.69) is 20.1 Å². The van der Waals surface area contributed by atoms with Gasteiger partial charge in [0.25, 0.3) is 11.4 Å². The number of methoxy groups -OCH3 is 1. The minimum Gasteiger partial charge on any atom is -0.497 e. The quantitative estimate of drug-likeness (QED) is 0.458. The Morgan fingerprint density at radius 1 is 1.03 bits per heavy atom. The smallest absolute Gasteiger partial charge is 0.329 e. The minimum atomic E-state index is -0.509. The number of H-pyrrole nitrogens is 1. The van der Waals surface area contributed by atoms with Gasteiger partial charge in [-0.2, -0.15) is 4.98 Å². The maximum atomic E-state index is 13.0. The number of hydrogen-bond acceptors (Lipinski definition) is 7. The fraction of sp³-hybridized carbons (Fsp3) is 0.0870. The molecule has 0 radical (unpaired) electrons. The average Bonchev–Trinajstić information content (AvgIpc) is 3.32. The first-order valence-corrected chi connectivity index (χ1v) is 9.76. The van der Waals surface area contributed by atoms with Gasteiger partial charge in [0.15, 0.2) is 0 Å². The molecule has 0 aliphatic rings. The van der Waals surface area contributed by atoms with Crippen LogP contribution < -0.4 is 16.0 Å². The summed E-state index contributed by atoms with van der Waals surface area (Å²) in [6.45, 7) is 0.127. The number of rotatable bonds is 5. The highest BCUT2D eigenvalue weighted by Crippen LogP contribution is 2.23. The van der Waals surface area contributed by atoms with Gasteiger partial charge in [0, 0.05) is 23.5 Å². The van der Waals surface area contributed by atoms with E-state index in [9.17, 15) is 9.59 Å². The van der Waals surface area contributed by atoms with E-state index >= 15 is 0 Å². The van der Waals surface area contributed by atoms with Gasteiger partial charge in [-0.1, -0.05) is 17.3 Å². The van der Waals surface area contributed by atoms with Crippen LogP contribution in [0.4, 0.5) is 0 Å². The fourth-order valence-electron chi connectivity index (χ4n) is 3.44. The molecule has 0 atom stereocenters. The Kier molecular flexibility index (Phi) is 4.83. The molecule has 0 aliphatic heterocycles. The Morgan fingerprint density at radius 2 is 1.88 bits per heavy atom. The molecule has 0 amide bonds. The van der Waals surface area contributed by atoms with E-state index < -0.39 is 5.69 Å². The molecule has 0 unspecified atom stereocenters. The van der Waals surface area contributed by atoms with Gasteiger partial charge in [0.1, 0.15) is 5.75 Å². The van der Waals surface area contributed by atoms with E-state index in [1.54, 1.807) is 62.0 Å². The molecular formula is C23H17N5O4.